The van der Waals surface area contributed by atoms with Crippen molar-refractivity contribution >= 4 is 5.69 Å². The molecule has 0 aromatic heterocycles. The maximum absolute atomic E-state index is 14.9. The lowest BCUT2D eigenvalue weighted by molar-refractivity contribution is -0.345. The largest absolute Gasteiger partial charge is 0.497 e. The van der Waals surface area contributed by atoms with Crippen molar-refractivity contribution in [2.75, 3.05) is 12.4 Å². The van der Waals surface area contributed by atoms with Crippen LogP contribution in [0.3, 0.4) is 0 Å². The van der Waals surface area contributed by atoms with Gasteiger partial charge in [-0.3, -0.25) is 0 Å². The molecule has 0 fully saturated rings. The number of fused-ring (bicyclic) bond motifs is 1. The molecule has 0 aliphatic carbocycles. The molecule has 134 valence electrons. The Hall–Kier alpha value is -2.35. The van der Waals surface area contributed by atoms with Gasteiger partial charge in [-0.1, -0.05) is 30.3 Å². The van der Waals surface area contributed by atoms with Crippen LogP contribution in [0.5, 0.6) is 5.75 Å². The summed E-state index contributed by atoms with van der Waals surface area (Å²) in [4.78, 5) is 0. The second-order valence-corrected chi connectivity index (χ2v) is 5.73. The van der Waals surface area contributed by atoms with Crippen LogP contribution in [-0.4, -0.2) is 24.3 Å². The normalized spacial score (nSPS) is 25.0. The molecule has 1 aliphatic heterocycles. The van der Waals surface area contributed by atoms with Crippen LogP contribution in [0.15, 0.2) is 48.5 Å². The van der Waals surface area contributed by atoms with E-state index in [0.717, 1.165) is 6.07 Å². The molecule has 25 heavy (non-hydrogen) atoms. The van der Waals surface area contributed by atoms with E-state index in [-0.39, 0.29) is 17.0 Å². The van der Waals surface area contributed by atoms with E-state index in [9.17, 15) is 27.1 Å². The lowest BCUT2D eigenvalue weighted by Gasteiger charge is -2.46. The Labute approximate surface area is 140 Å². The van der Waals surface area contributed by atoms with E-state index in [2.05, 4.69) is 5.32 Å². The fourth-order valence-electron chi connectivity index (χ4n) is 2.99. The van der Waals surface area contributed by atoms with Gasteiger partial charge in [-0.2, -0.15) is 22.0 Å². The standard InChI is InChI=1S/C17H14F5NO2/c1-25-11-7-8-13-12(9-11)15(24,17(20,21)22)16(18,19)14(23-13)10-5-3-2-4-6-10/h2-9,14,23-24H,1H3. The quantitative estimate of drug-likeness (QED) is 0.788. The van der Waals surface area contributed by atoms with Crippen molar-refractivity contribution in [1.82, 2.24) is 0 Å². The number of aliphatic hydroxyl groups is 1. The highest BCUT2D eigenvalue weighted by Crippen LogP contribution is 2.59. The first-order valence-electron chi connectivity index (χ1n) is 7.30. The smallest absolute Gasteiger partial charge is 0.427 e. The predicted octanol–water partition coefficient (Wildman–Crippen LogP) is 4.25. The number of alkyl halides is 5. The number of hydrogen-bond donors (Lipinski definition) is 2. The van der Waals surface area contributed by atoms with Crippen LogP contribution >= 0.6 is 0 Å². The topological polar surface area (TPSA) is 41.5 Å². The molecule has 1 heterocycles. The summed E-state index contributed by atoms with van der Waals surface area (Å²) >= 11 is 0. The fraction of sp³-hybridized carbons (Fsp3) is 0.294. The van der Waals surface area contributed by atoms with E-state index in [1.807, 2.05) is 0 Å². The van der Waals surface area contributed by atoms with Gasteiger partial charge in [0, 0.05) is 11.3 Å². The van der Waals surface area contributed by atoms with Crippen molar-refractivity contribution in [1.29, 1.82) is 0 Å². The van der Waals surface area contributed by atoms with E-state index < -0.39 is 29.3 Å². The third kappa shape index (κ3) is 2.43. The highest BCUT2D eigenvalue weighted by molar-refractivity contribution is 5.62. The molecular formula is C17H14F5NO2. The first kappa shape index (κ1) is 17.5. The molecule has 3 rings (SSSR count). The van der Waals surface area contributed by atoms with Crippen LogP contribution in [0.1, 0.15) is 17.2 Å². The number of benzene rings is 2. The zero-order valence-corrected chi connectivity index (χ0v) is 12.9. The predicted molar refractivity (Wildman–Crippen MR) is 80.7 cm³/mol. The van der Waals surface area contributed by atoms with Gasteiger partial charge in [-0.15, -0.1) is 0 Å². The minimum Gasteiger partial charge on any atom is -0.497 e. The molecule has 0 amide bonds. The van der Waals surface area contributed by atoms with Crippen LogP contribution in [0, 0.1) is 0 Å². The molecule has 1 aliphatic rings. The molecule has 2 N–H and O–H groups in total. The molecule has 3 nitrogen and oxygen atoms in total. The van der Waals surface area contributed by atoms with Gasteiger partial charge < -0.3 is 15.2 Å². The van der Waals surface area contributed by atoms with Gasteiger partial charge in [0.2, 0.25) is 0 Å². The summed E-state index contributed by atoms with van der Waals surface area (Å²) < 4.78 is 75.6. The number of halogens is 5. The Morgan fingerprint density at radius 1 is 1.08 bits per heavy atom. The summed E-state index contributed by atoms with van der Waals surface area (Å²) in [6.07, 6.45) is -5.60. The maximum Gasteiger partial charge on any atom is 0.427 e. The summed E-state index contributed by atoms with van der Waals surface area (Å²) in [6, 6.07) is 8.19. The van der Waals surface area contributed by atoms with Crippen LogP contribution in [-0.2, 0) is 5.60 Å². The molecular weight excluding hydrogens is 345 g/mol. The number of nitrogens with one attached hydrogen (secondary N) is 1. The molecule has 0 bridgehead atoms. The molecule has 2 aromatic carbocycles. The Morgan fingerprint density at radius 3 is 2.28 bits per heavy atom. The maximum atomic E-state index is 14.9. The monoisotopic (exact) mass is 359 g/mol. The van der Waals surface area contributed by atoms with E-state index in [1.165, 1.54) is 43.5 Å². The number of hydrogen-bond acceptors (Lipinski definition) is 3. The van der Waals surface area contributed by atoms with Crippen molar-refractivity contribution in [3.63, 3.8) is 0 Å². The van der Waals surface area contributed by atoms with Crippen molar-refractivity contribution < 1.29 is 31.8 Å². The van der Waals surface area contributed by atoms with Crippen LogP contribution < -0.4 is 10.1 Å². The van der Waals surface area contributed by atoms with E-state index in [0.29, 0.717) is 0 Å². The Morgan fingerprint density at radius 2 is 1.72 bits per heavy atom. The zero-order valence-electron chi connectivity index (χ0n) is 12.9. The zero-order chi connectivity index (χ0) is 18.5. The molecule has 2 atom stereocenters. The minimum absolute atomic E-state index is 0.0720. The molecule has 0 radical (unpaired) electrons. The van der Waals surface area contributed by atoms with Gasteiger partial charge in [0.25, 0.3) is 5.60 Å². The van der Waals surface area contributed by atoms with Crippen LogP contribution in [0.2, 0.25) is 0 Å². The lowest BCUT2D eigenvalue weighted by atomic mass is 9.76. The SMILES string of the molecule is COc1ccc2c(c1)C(O)(C(F)(F)F)C(F)(F)C(c1ccccc1)N2. The molecule has 0 saturated carbocycles. The Bertz CT molecular complexity index is 778. The van der Waals surface area contributed by atoms with Crippen molar-refractivity contribution in [2.45, 2.75) is 23.7 Å². The van der Waals surface area contributed by atoms with Crippen LogP contribution in [0.25, 0.3) is 0 Å². The summed E-state index contributed by atoms with van der Waals surface area (Å²) in [5.41, 5.74) is -5.65. The summed E-state index contributed by atoms with van der Waals surface area (Å²) in [7, 11) is 1.19. The third-order valence-electron chi connectivity index (χ3n) is 4.30. The van der Waals surface area contributed by atoms with Crippen LogP contribution in [0.4, 0.5) is 27.6 Å². The van der Waals surface area contributed by atoms with Crippen molar-refractivity contribution in [3.05, 3.63) is 59.7 Å². The van der Waals surface area contributed by atoms with Crippen molar-refractivity contribution in [3.8, 4) is 5.75 Å². The van der Waals surface area contributed by atoms with Gasteiger partial charge in [0.1, 0.15) is 11.8 Å². The van der Waals surface area contributed by atoms with E-state index in [1.54, 1.807) is 6.07 Å². The summed E-state index contributed by atoms with van der Waals surface area (Å²) in [6.45, 7) is 0. The third-order valence-corrected chi connectivity index (χ3v) is 4.30. The average molecular weight is 359 g/mol. The Kier molecular flexibility index (Phi) is 3.90. The number of anilines is 1. The molecule has 0 saturated heterocycles. The van der Waals surface area contributed by atoms with E-state index in [4.69, 9.17) is 4.74 Å². The first-order valence-corrected chi connectivity index (χ1v) is 7.30. The highest BCUT2D eigenvalue weighted by atomic mass is 19.4. The first-order chi connectivity index (χ1) is 11.6. The molecule has 8 heteroatoms. The highest BCUT2D eigenvalue weighted by Gasteiger charge is 2.75. The van der Waals surface area contributed by atoms with Gasteiger partial charge >= 0.3 is 12.1 Å². The Balaban J connectivity index is 2.27. The molecule has 2 unspecified atom stereocenters. The fourth-order valence-corrected chi connectivity index (χ4v) is 2.99. The van der Waals surface area contributed by atoms with Gasteiger partial charge in [0.15, 0.2) is 0 Å². The summed E-state index contributed by atoms with van der Waals surface area (Å²) in [5.74, 6) is -4.64. The molecule has 0 spiro atoms. The summed E-state index contributed by atoms with van der Waals surface area (Å²) in [5, 5.41) is 12.7. The van der Waals surface area contributed by atoms with Gasteiger partial charge in [-0.25, -0.2) is 0 Å². The molecule has 2 aromatic rings. The van der Waals surface area contributed by atoms with Gasteiger partial charge in [0.05, 0.1) is 7.11 Å². The average Bonchev–Trinajstić information content (AvgIpc) is 2.57. The number of rotatable bonds is 2. The number of ether oxygens (including phenoxy) is 1. The number of methoxy groups -OCH3 is 1. The minimum atomic E-state index is -5.60. The van der Waals surface area contributed by atoms with Crippen molar-refractivity contribution in [2.24, 2.45) is 0 Å². The second-order valence-electron chi connectivity index (χ2n) is 5.73. The second kappa shape index (κ2) is 5.59. The van der Waals surface area contributed by atoms with E-state index >= 15 is 0 Å². The lowest BCUT2D eigenvalue weighted by Crippen LogP contribution is -2.62. The van der Waals surface area contributed by atoms with Gasteiger partial charge in [-0.05, 0) is 23.8 Å².